The lowest BCUT2D eigenvalue weighted by Gasteiger charge is -1.90. The lowest BCUT2D eigenvalue weighted by molar-refractivity contribution is 0.723. The number of aromatic nitrogens is 1. The molecule has 2 aromatic rings. The van der Waals surface area contributed by atoms with Crippen LogP contribution in [0.3, 0.4) is 0 Å². The highest BCUT2D eigenvalue weighted by molar-refractivity contribution is 7.71. The summed E-state index contributed by atoms with van der Waals surface area (Å²) >= 11 is 0. The molecule has 0 aliphatic carbocycles. The predicted octanol–water partition coefficient (Wildman–Crippen LogP) is 3.45. The Kier molecular flexibility index (Phi) is 3.86. The molecule has 0 aromatic carbocycles. The van der Waals surface area contributed by atoms with E-state index in [9.17, 15) is 0 Å². The minimum atomic E-state index is 0.949. The molecule has 0 spiro atoms. The smallest absolute Gasteiger partial charge is 0.136 e. The maximum Gasteiger partial charge on any atom is 0.136 e. The van der Waals surface area contributed by atoms with Crippen LogP contribution >= 0.6 is 20.7 Å². The van der Waals surface area contributed by atoms with E-state index in [1.165, 1.54) is 24.6 Å². The second kappa shape index (κ2) is 5.37. The van der Waals surface area contributed by atoms with Crippen molar-refractivity contribution in [3.63, 3.8) is 0 Å². The van der Waals surface area contributed by atoms with E-state index in [4.69, 9.17) is 0 Å². The van der Waals surface area contributed by atoms with Crippen LogP contribution in [0, 0.1) is 0 Å². The normalized spacial score (nSPS) is 12.5. The fourth-order valence-corrected chi connectivity index (χ4v) is 3.68. The van der Waals surface area contributed by atoms with E-state index < -0.39 is 0 Å². The molecule has 0 aliphatic heterocycles. The molecule has 2 aromatic heterocycles. The summed E-state index contributed by atoms with van der Waals surface area (Å²) in [5, 5.41) is 1.21. The van der Waals surface area contributed by atoms with Gasteiger partial charge in [0.1, 0.15) is 9.50 Å². The zero-order valence-corrected chi connectivity index (χ0v) is 10.4. The Labute approximate surface area is 96.7 Å². The monoisotopic (exact) mass is 238 g/mol. The molecule has 15 heavy (non-hydrogen) atoms. The van der Waals surface area contributed by atoms with Crippen molar-refractivity contribution in [2.24, 2.45) is 4.99 Å². The van der Waals surface area contributed by atoms with Gasteiger partial charge in [0, 0.05) is 18.1 Å². The van der Waals surface area contributed by atoms with E-state index in [2.05, 4.69) is 23.0 Å². The van der Waals surface area contributed by atoms with E-state index >= 15 is 0 Å². The van der Waals surface area contributed by atoms with Crippen LogP contribution in [-0.2, 0) is 0 Å². The largest absolute Gasteiger partial charge is 0.273 e. The van der Waals surface area contributed by atoms with E-state index in [1.807, 2.05) is 12.3 Å². The quantitative estimate of drug-likeness (QED) is 0.591. The first-order valence-corrected chi connectivity index (χ1v) is 7.41. The Morgan fingerprint density at radius 2 is 2.27 bits per heavy atom. The molecule has 0 aliphatic rings. The summed E-state index contributed by atoms with van der Waals surface area (Å²) in [6, 6.07) is 4.08. The Morgan fingerprint density at radius 1 is 1.33 bits per heavy atom. The van der Waals surface area contributed by atoms with E-state index in [-0.39, 0.29) is 0 Å². The maximum absolute atomic E-state index is 4.62. The highest BCUT2D eigenvalue weighted by atomic mass is 32.9. The van der Waals surface area contributed by atoms with Crippen LogP contribution in [0.4, 0.5) is 0 Å². The van der Waals surface area contributed by atoms with Gasteiger partial charge in [-0.25, -0.2) is 4.98 Å². The molecule has 2 rings (SSSR count). The molecule has 0 saturated carbocycles. The molecule has 0 radical (unpaired) electrons. The van der Waals surface area contributed by atoms with Gasteiger partial charge in [0.15, 0.2) is 0 Å². The molecule has 4 heteroatoms. The van der Waals surface area contributed by atoms with E-state index in [1.54, 1.807) is 20.7 Å². The Hall–Kier alpha value is -0.740. The summed E-state index contributed by atoms with van der Waals surface area (Å²) < 4.78 is 1.15. The number of rotatable bonds is 4. The zero-order valence-electron chi connectivity index (χ0n) is 8.77. The minimum Gasteiger partial charge on any atom is -0.273 e. The van der Waals surface area contributed by atoms with Crippen LogP contribution in [0.2, 0.25) is 0 Å². The third-order valence-electron chi connectivity index (χ3n) is 2.22. The van der Waals surface area contributed by atoms with Crippen LogP contribution in [0.1, 0.15) is 26.2 Å². The van der Waals surface area contributed by atoms with Gasteiger partial charge in [-0.2, -0.15) is 0 Å². The SMILES string of the molecule is CCCCCN=c1ssc2ncccc12. The topological polar surface area (TPSA) is 25.2 Å². The fraction of sp³-hybridized carbons (Fsp3) is 0.455. The molecular formula is C11H14N2S2. The van der Waals surface area contributed by atoms with Crippen molar-refractivity contribution in [1.82, 2.24) is 4.98 Å². The molecule has 0 fully saturated rings. The molecule has 0 N–H and O–H groups in total. The summed E-state index contributed by atoms with van der Waals surface area (Å²) in [6.07, 6.45) is 5.56. The summed E-state index contributed by atoms with van der Waals surface area (Å²) in [4.78, 5) is 10.0. The zero-order chi connectivity index (χ0) is 10.5. The molecule has 2 heterocycles. The van der Waals surface area contributed by atoms with E-state index in [0.717, 1.165) is 16.0 Å². The van der Waals surface area contributed by atoms with Gasteiger partial charge in [-0.1, -0.05) is 40.4 Å². The first-order valence-electron chi connectivity index (χ1n) is 5.26. The standard InChI is InChI=1S/C11H14N2S2/c1-2-3-4-7-12-10-9-6-5-8-13-11(9)15-14-10/h5-6,8H,2-4,7H2,1H3. The predicted molar refractivity (Wildman–Crippen MR) is 67.5 cm³/mol. The molecule has 2 nitrogen and oxygen atoms in total. The van der Waals surface area contributed by atoms with Gasteiger partial charge in [-0.15, -0.1) is 0 Å². The molecule has 0 saturated heterocycles. The first kappa shape index (κ1) is 10.8. The molecule has 0 atom stereocenters. The summed E-state index contributed by atoms with van der Waals surface area (Å²) in [5.41, 5.74) is 0. The van der Waals surface area contributed by atoms with Gasteiger partial charge in [-0.05, 0) is 18.6 Å². The van der Waals surface area contributed by atoms with Crippen LogP contribution in [0.25, 0.3) is 10.2 Å². The average Bonchev–Trinajstić information content (AvgIpc) is 2.68. The molecule has 0 bridgehead atoms. The number of fused-ring (bicyclic) bond motifs is 1. The van der Waals surface area contributed by atoms with Crippen molar-refractivity contribution in [1.29, 1.82) is 0 Å². The first-order chi connectivity index (χ1) is 7.42. The van der Waals surface area contributed by atoms with Gasteiger partial charge in [-0.3, -0.25) is 4.99 Å². The number of unbranched alkanes of at least 4 members (excludes halogenated alkanes) is 2. The van der Waals surface area contributed by atoms with Gasteiger partial charge in [0.2, 0.25) is 0 Å². The van der Waals surface area contributed by atoms with Crippen molar-refractivity contribution in [2.45, 2.75) is 26.2 Å². The van der Waals surface area contributed by atoms with Gasteiger partial charge in [0.25, 0.3) is 0 Å². The third-order valence-corrected chi connectivity index (χ3v) is 4.49. The van der Waals surface area contributed by atoms with Gasteiger partial charge < -0.3 is 0 Å². The molecular weight excluding hydrogens is 224 g/mol. The minimum absolute atomic E-state index is 0.949. The second-order valence-electron chi connectivity index (χ2n) is 3.42. The summed E-state index contributed by atoms with van der Waals surface area (Å²) in [7, 11) is 3.45. The van der Waals surface area contributed by atoms with Crippen molar-refractivity contribution in [3.8, 4) is 0 Å². The Balaban J connectivity index is 2.20. The number of nitrogens with zero attached hydrogens (tertiary/aromatic N) is 2. The lowest BCUT2D eigenvalue weighted by atomic mass is 10.2. The number of pyridine rings is 1. The van der Waals surface area contributed by atoms with Crippen LogP contribution in [0.15, 0.2) is 23.3 Å². The third kappa shape index (κ3) is 2.63. The number of hydrogen-bond acceptors (Lipinski definition) is 4. The van der Waals surface area contributed by atoms with Gasteiger partial charge in [0.05, 0.1) is 0 Å². The van der Waals surface area contributed by atoms with Crippen LogP contribution in [0.5, 0.6) is 0 Å². The van der Waals surface area contributed by atoms with Crippen molar-refractivity contribution in [3.05, 3.63) is 23.0 Å². The van der Waals surface area contributed by atoms with Crippen molar-refractivity contribution in [2.75, 3.05) is 6.54 Å². The van der Waals surface area contributed by atoms with Gasteiger partial charge >= 0.3 is 0 Å². The number of hydrogen-bond donors (Lipinski definition) is 0. The Bertz CT molecular complexity index is 484. The van der Waals surface area contributed by atoms with Crippen LogP contribution < -0.4 is 4.67 Å². The lowest BCUT2D eigenvalue weighted by Crippen LogP contribution is -1.96. The summed E-state index contributed by atoms with van der Waals surface area (Å²) in [6.45, 7) is 3.16. The summed E-state index contributed by atoms with van der Waals surface area (Å²) in [5.74, 6) is 0. The van der Waals surface area contributed by atoms with E-state index in [0.29, 0.717) is 0 Å². The van der Waals surface area contributed by atoms with Crippen molar-refractivity contribution < 1.29 is 0 Å². The highest BCUT2D eigenvalue weighted by Gasteiger charge is 1.98. The highest BCUT2D eigenvalue weighted by Crippen LogP contribution is 2.16. The molecule has 0 amide bonds. The van der Waals surface area contributed by atoms with Crippen LogP contribution in [-0.4, -0.2) is 11.5 Å². The average molecular weight is 238 g/mol. The fourth-order valence-electron chi connectivity index (χ4n) is 1.40. The second-order valence-corrected chi connectivity index (χ2v) is 5.52. The molecule has 80 valence electrons. The van der Waals surface area contributed by atoms with Crippen molar-refractivity contribution >= 4 is 30.9 Å². The Morgan fingerprint density at radius 3 is 3.13 bits per heavy atom. The molecule has 0 unspecified atom stereocenters. The maximum atomic E-state index is 4.62.